The van der Waals surface area contributed by atoms with Crippen molar-refractivity contribution in [3.8, 4) is 5.82 Å². The molecule has 26 heavy (non-hydrogen) atoms. The molecule has 9 nitrogen and oxygen atoms in total. The van der Waals surface area contributed by atoms with E-state index in [1.807, 2.05) is 38.1 Å². The number of carbonyl (C=O) groups is 1. The lowest BCUT2D eigenvalue weighted by atomic mass is 10.2. The lowest BCUT2D eigenvalue weighted by Gasteiger charge is -2.08. The molecule has 1 amide bonds. The number of pyridine rings is 1. The maximum absolute atomic E-state index is 12.5. The second-order valence-corrected chi connectivity index (χ2v) is 5.81. The van der Waals surface area contributed by atoms with Crippen LogP contribution in [0.4, 0.5) is 0 Å². The van der Waals surface area contributed by atoms with Gasteiger partial charge in [0.1, 0.15) is 0 Å². The quantitative estimate of drug-likeness (QED) is 0.595. The zero-order chi connectivity index (χ0) is 18.1. The van der Waals surface area contributed by atoms with Gasteiger partial charge in [0.25, 0.3) is 11.7 Å². The van der Waals surface area contributed by atoms with Crippen LogP contribution in [0.5, 0.6) is 0 Å². The number of rotatable bonds is 4. The monoisotopic (exact) mass is 348 g/mol. The van der Waals surface area contributed by atoms with Gasteiger partial charge in [-0.15, -0.1) is 5.10 Å². The molecule has 0 aromatic carbocycles. The van der Waals surface area contributed by atoms with E-state index in [1.165, 1.54) is 0 Å². The van der Waals surface area contributed by atoms with Crippen molar-refractivity contribution < 1.29 is 4.79 Å². The molecule has 1 N–H and O–H groups in total. The van der Waals surface area contributed by atoms with Gasteiger partial charge in [-0.05, 0) is 32.0 Å². The Balaban J connectivity index is 1.56. The average Bonchev–Trinajstić information content (AvgIpc) is 3.29. The third-order valence-corrected chi connectivity index (χ3v) is 3.85. The molecule has 0 fully saturated rings. The first-order chi connectivity index (χ1) is 12.6. The average molecular weight is 348 g/mol. The molecule has 4 rings (SSSR count). The molecule has 0 saturated heterocycles. The van der Waals surface area contributed by atoms with Gasteiger partial charge in [0.05, 0.1) is 0 Å². The summed E-state index contributed by atoms with van der Waals surface area (Å²) in [7, 11) is 0. The standard InChI is InChI=1S/C17H16N8O/c1-11-9-12(2)25-17(21-11)22-14(23-25)16(26)19-10-13-5-3-6-18-15(13)24-8-4-7-20-24/h3-9H,10H2,1-2H3,(H,19,26). The van der Waals surface area contributed by atoms with Crippen LogP contribution in [-0.2, 0) is 6.54 Å². The third-order valence-electron chi connectivity index (χ3n) is 3.85. The Kier molecular flexibility index (Phi) is 3.88. The van der Waals surface area contributed by atoms with Gasteiger partial charge < -0.3 is 5.32 Å². The van der Waals surface area contributed by atoms with E-state index in [0.717, 1.165) is 17.0 Å². The molecule has 9 heteroatoms. The second-order valence-electron chi connectivity index (χ2n) is 5.81. The van der Waals surface area contributed by atoms with Crippen LogP contribution in [0.3, 0.4) is 0 Å². The minimum atomic E-state index is -0.372. The van der Waals surface area contributed by atoms with E-state index in [4.69, 9.17) is 0 Å². The van der Waals surface area contributed by atoms with Crippen LogP contribution < -0.4 is 5.32 Å². The highest BCUT2D eigenvalue weighted by molar-refractivity contribution is 5.90. The molecular formula is C17H16N8O. The van der Waals surface area contributed by atoms with Crippen LogP contribution >= 0.6 is 0 Å². The first-order valence-corrected chi connectivity index (χ1v) is 8.05. The number of amides is 1. The van der Waals surface area contributed by atoms with E-state index >= 15 is 0 Å². The van der Waals surface area contributed by atoms with Gasteiger partial charge in [-0.3, -0.25) is 4.79 Å². The summed E-state index contributed by atoms with van der Waals surface area (Å²) in [5.41, 5.74) is 2.53. The van der Waals surface area contributed by atoms with E-state index < -0.39 is 0 Å². The number of fused-ring (bicyclic) bond motifs is 1. The van der Waals surface area contributed by atoms with Gasteiger partial charge in [0.2, 0.25) is 5.82 Å². The summed E-state index contributed by atoms with van der Waals surface area (Å²) in [5, 5.41) is 11.2. The molecule has 0 atom stereocenters. The molecule has 130 valence electrons. The molecule has 4 heterocycles. The maximum atomic E-state index is 12.5. The number of hydrogen-bond acceptors (Lipinski definition) is 6. The number of carbonyl (C=O) groups excluding carboxylic acids is 1. The van der Waals surface area contributed by atoms with Crippen molar-refractivity contribution >= 4 is 11.7 Å². The fraction of sp³-hybridized carbons (Fsp3) is 0.176. The highest BCUT2D eigenvalue weighted by Crippen LogP contribution is 2.10. The van der Waals surface area contributed by atoms with Crippen LogP contribution in [0.25, 0.3) is 11.6 Å². The van der Waals surface area contributed by atoms with Gasteiger partial charge in [-0.25, -0.2) is 19.2 Å². The smallest absolute Gasteiger partial charge is 0.291 e. The Bertz CT molecular complexity index is 1080. The Morgan fingerprint density at radius 1 is 1.19 bits per heavy atom. The SMILES string of the molecule is Cc1cc(C)n2nc(C(=O)NCc3cccnc3-n3cccn3)nc2n1. The molecule has 0 aliphatic heterocycles. The van der Waals surface area contributed by atoms with Gasteiger partial charge in [-0.1, -0.05) is 6.07 Å². The summed E-state index contributed by atoms with van der Waals surface area (Å²) in [6.45, 7) is 4.05. The van der Waals surface area contributed by atoms with E-state index in [0.29, 0.717) is 11.6 Å². The zero-order valence-electron chi connectivity index (χ0n) is 14.3. The Hall–Kier alpha value is -3.62. The molecule has 0 bridgehead atoms. The molecule has 0 unspecified atom stereocenters. The predicted octanol–water partition coefficient (Wildman–Crippen LogP) is 1.25. The Labute approximate surface area is 148 Å². The molecule has 0 radical (unpaired) electrons. The predicted molar refractivity (Wildman–Crippen MR) is 92.8 cm³/mol. The van der Waals surface area contributed by atoms with Crippen LogP contribution in [0.1, 0.15) is 27.6 Å². The van der Waals surface area contributed by atoms with Gasteiger partial charge in [0.15, 0.2) is 5.82 Å². The molecule has 0 aliphatic rings. The largest absolute Gasteiger partial charge is 0.345 e. The van der Waals surface area contributed by atoms with Crippen molar-refractivity contribution in [3.63, 3.8) is 0 Å². The number of aryl methyl sites for hydroxylation is 2. The van der Waals surface area contributed by atoms with Crippen molar-refractivity contribution in [2.24, 2.45) is 0 Å². The molecule has 0 saturated carbocycles. The van der Waals surface area contributed by atoms with Crippen LogP contribution in [0.2, 0.25) is 0 Å². The minimum Gasteiger partial charge on any atom is -0.345 e. The molecular weight excluding hydrogens is 332 g/mol. The van der Waals surface area contributed by atoms with Crippen LogP contribution in [0, 0.1) is 13.8 Å². The number of hydrogen-bond donors (Lipinski definition) is 1. The molecule has 4 aromatic rings. The first-order valence-electron chi connectivity index (χ1n) is 8.05. The Morgan fingerprint density at radius 3 is 2.88 bits per heavy atom. The molecule has 0 spiro atoms. The fourth-order valence-corrected chi connectivity index (χ4v) is 2.69. The van der Waals surface area contributed by atoms with Gasteiger partial charge >= 0.3 is 0 Å². The summed E-state index contributed by atoms with van der Waals surface area (Å²) >= 11 is 0. The fourth-order valence-electron chi connectivity index (χ4n) is 2.69. The normalized spacial score (nSPS) is 11.0. The van der Waals surface area contributed by atoms with E-state index in [-0.39, 0.29) is 18.3 Å². The van der Waals surface area contributed by atoms with Gasteiger partial charge in [-0.2, -0.15) is 10.1 Å². The summed E-state index contributed by atoms with van der Waals surface area (Å²) in [6, 6.07) is 7.40. The summed E-state index contributed by atoms with van der Waals surface area (Å²) in [4.78, 5) is 25.3. The number of aromatic nitrogens is 7. The van der Waals surface area contributed by atoms with Crippen molar-refractivity contribution in [2.75, 3.05) is 0 Å². The second kappa shape index (κ2) is 6.36. The van der Waals surface area contributed by atoms with E-state index in [2.05, 4.69) is 30.5 Å². The molecule has 0 aliphatic carbocycles. The van der Waals surface area contributed by atoms with Crippen LogP contribution in [-0.4, -0.2) is 40.3 Å². The highest BCUT2D eigenvalue weighted by Gasteiger charge is 2.15. The topological polar surface area (TPSA) is 103 Å². The van der Waals surface area contributed by atoms with Crippen molar-refractivity contribution in [1.29, 1.82) is 0 Å². The lowest BCUT2D eigenvalue weighted by molar-refractivity contribution is 0.0940. The van der Waals surface area contributed by atoms with Crippen molar-refractivity contribution in [3.05, 3.63) is 65.6 Å². The maximum Gasteiger partial charge on any atom is 0.291 e. The highest BCUT2D eigenvalue weighted by atomic mass is 16.2. The van der Waals surface area contributed by atoms with E-state index in [1.54, 1.807) is 27.8 Å². The Morgan fingerprint density at radius 2 is 2.08 bits per heavy atom. The first kappa shape index (κ1) is 15.9. The third kappa shape index (κ3) is 2.90. The summed E-state index contributed by atoms with van der Waals surface area (Å²) in [5.74, 6) is 0.777. The lowest BCUT2D eigenvalue weighted by Crippen LogP contribution is -2.25. The zero-order valence-corrected chi connectivity index (χ0v) is 14.3. The van der Waals surface area contributed by atoms with Crippen LogP contribution in [0.15, 0.2) is 42.9 Å². The van der Waals surface area contributed by atoms with E-state index in [9.17, 15) is 4.79 Å². The molecule has 4 aromatic heterocycles. The number of nitrogens with one attached hydrogen (secondary N) is 1. The summed E-state index contributed by atoms with van der Waals surface area (Å²) < 4.78 is 3.21. The van der Waals surface area contributed by atoms with Gasteiger partial charge in [0, 0.05) is 42.1 Å². The minimum absolute atomic E-state index is 0.0794. The van der Waals surface area contributed by atoms with Crippen molar-refractivity contribution in [1.82, 2.24) is 39.7 Å². The number of nitrogens with zero attached hydrogens (tertiary/aromatic N) is 7. The summed E-state index contributed by atoms with van der Waals surface area (Å²) in [6.07, 6.45) is 5.16. The van der Waals surface area contributed by atoms with Crippen molar-refractivity contribution in [2.45, 2.75) is 20.4 Å².